The highest BCUT2D eigenvalue weighted by atomic mass is 16.2. The van der Waals surface area contributed by atoms with E-state index in [2.05, 4.69) is 33.6 Å². The summed E-state index contributed by atoms with van der Waals surface area (Å²) in [5.74, 6) is 1.21. The Hall–Kier alpha value is -3.03. The molecule has 0 radical (unpaired) electrons. The molecule has 0 atom stereocenters. The number of hydrogen-bond donors (Lipinski definition) is 0. The number of carbonyl (C=O) groups is 1. The van der Waals surface area contributed by atoms with Gasteiger partial charge in [-0.1, -0.05) is 12.1 Å². The summed E-state index contributed by atoms with van der Waals surface area (Å²) >= 11 is 0. The number of aromatic nitrogens is 6. The number of benzene rings is 1. The van der Waals surface area contributed by atoms with Gasteiger partial charge in [-0.05, 0) is 48.6 Å². The van der Waals surface area contributed by atoms with Crippen molar-refractivity contribution in [2.45, 2.75) is 26.3 Å². The minimum absolute atomic E-state index is 0.0852. The fourth-order valence-electron chi connectivity index (χ4n) is 3.49. The van der Waals surface area contributed by atoms with Gasteiger partial charge in [-0.3, -0.25) is 9.48 Å². The molecule has 0 saturated carbocycles. The Kier molecular flexibility index (Phi) is 4.70. The molecule has 0 unspecified atom stereocenters. The van der Waals surface area contributed by atoms with Gasteiger partial charge in [-0.15, -0.1) is 10.2 Å². The maximum Gasteiger partial charge on any atom is 0.253 e. The first-order valence-electron chi connectivity index (χ1n) is 9.21. The predicted molar refractivity (Wildman–Crippen MR) is 99.8 cm³/mol. The zero-order valence-corrected chi connectivity index (χ0v) is 15.6. The van der Waals surface area contributed by atoms with Crippen molar-refractivity contribution >= 4 is 5.91 Å². The molecule has 1 aliphatic heterocycles. The van der Waals surface area contributed by atoms with Crippen LogP contribution >= 0.6 is 0 Å². The van der Waals surface area contributed by atoms with Gasteiger partial charge in [-0.25, -0.2) is 0 Å². The highest BCUT2D eigenvalue weighted by Crippen LogP contribution is 2.22. The van der Waals surface area contributed by atoms with Gasteiger partial charge < -0.3 is 4.90 Å². The second-order valence-electron chi connectivity index (χ2n) is 7.16. The van der Waals surface area contributed by atoms with E-state index in [0.717, 1.165) is 38.0 Å². The minimum atomic E-state index is 0.0852. The summed E-state index contributed by atoms with van der Waals surface area (Å²) in [6.07, 6.45) is 5.97. The molecule has 1 aromatic carbocycles. The number of nitrogens with zero attached hydrogens (tertiary/aromatic N) is 7. The third-order valence-electron chi connectivity index (χ3n) is 5.01. The Bertz CT molecular complexity index is 920. The van der Waals surface area contributed by atoms with E-state index in [4.69, 9.17) is 0 Å². The molecule has 0 bridgehead atoms. The van der Waals surface area contributed by atoms with Crippen molar-refractivity contribution in [3.63, 3.8) is 0 Å². The Morgan fingerprint density at radius 1 is 1.19 bits per heavy atom. The Balaban J connectivity index is 1.35. The molecular weight excluding hydrogens is 342 g/mol. The van der Waals surface area contributed by atoms with E-state index in [1.54, 1.807) is 7.05 Å². The molecule has 4 rings (SSSR count). The topological polar surface area (TPSA) is 81.7 Å². The molecule has 3 aromatic rings. The van der Waals surface area contributed by atoms with E-state index in [9.17, 15) is 4.79 Å². The molecule has 0 spiro atoms. The number of likely N-dealkylation sites (tertiary alicyclic amines) is 1. The normalized spacial score (nSPS) is 15.3. The minimum Gasteiger partial charge on any atom is -0.339 e. The summed E-state index contributed by atoms with van der Waals surface area (Å²) in [5, 5.41) is 16.4. The third-order valence-corrected chi connectivity index (χ3v) is 5.01. The molecule has 0 aliphatic carbocycles. The molecular formula is C19H23N7O. The molecule has 3 heterocycles. The summed E-state index contributed by atoms with van der Waals surface area (Å²) in [7, 11) is 1.73. The highest BCUT2D eigenvalue weighted by Gasteiger charge is 2.24. The van der Waals surface area contributed by atoms with E-state index in [0.29, 0.717) is 17.3 Å². The molecule has 1 amide bonds. The molecule has 8 heteroatoms. The summed E-state index contributed by atoms with van der Waals surface area (Å²) in [6.45, 7) is 4.56. The predicted octanol–water partition coefficient (Wildman–Crippen LogP) is 1.93. The molecule has 27 heavy (non-hydrogen) atoms. The van der Waals surface area contributed by atoms with Crippen LogP contribution < -0.4 is 0 Å². The number of tetrazole rings is 1. The van der Waals surface area contributed by atoms with Crippen molar-refractivity contribution < 1.29 is 4.79 Å². The molecule has 1 aliphatic rings. The summed E-state index contributed by atoms with van der Waals surface area (Å²) < 4.78 is 2.01. The summed E-state index contributed by atoms with van der Waals surface area (Å²) in [4.78, 5) is 16.1. The Labute approximate surface area is 157 Å². The van der Waals surface area contributed by atoms with Crippen molar-refractivity contribution in [3.8, 4) is 11.4 Å². The van der Waals surface area contributed by atoms with Crippen molar-refractivity contribution in [3.05, 3.63) is 47.8 Å². The van der Waals surface area contributed by atoms with Gasteiger partial charge in [0.15, 0.2) is 0 Å². The van der Waals surface area contributed by atoms with Crippen LogP contribution in [0.15, 0.2) is 36.7 Å². The number of rotatable bonds is 4. The summed E-state index contributed by atoms with van der Waals surface area (Å²) in [6, 6.07) is 7.42. The maximum absolute atomic E-state index is 12.8. The SMILES string of the molecule is Cc1cnn(CC2CCN(C(=O)c3ccc(-c4nnn(C)n4)cc3)CC2)c1. The first-order chi connectivity index (χ1) is 13.1. The number of hydrogen-bond acceptors (Lipinski definition) is 5. The average Bonchev–Trinajstić information content (AvgIpc) is 3.30. The van der Waals surface area contributed by atoms with Gasteiger partial charge in [0.05, 0.1) is 13.2 Å². The van der Waals surface area contributed by atoms with Crippen LogP contribution in [0.5, 0.6) is 0 Å². The summed E-state index contributed by atoms with van der Waals surface area (Å²) in [5.41, 5.74) is 2.74. The van der Waals surface area contributed by atoms with Gasteiger partial charge in [0.25, 0.3) is 5.91 Å². The van der Waals surface area contributed by atoms with E-state index >= 15 is 0 Å². The standard InChI is InChI=1S/C19H23N7O/c1-14-11-20-26(12-14)13-15-7-9-25(10-8-15)19(27)17-5-3-16(4-6-17)18-21-23-24(2)22-18/h3-6,11-12,15H,7-10,13H2,1-2H3. The first-order valence-corrected chi connectivity index (χ1v) is 9.21. The number of carbonyl (C=O) groups excluding carboxylic acids is 1. The molecule has 1 fully saturated rings. The van der Waals surface area contributed by atoms with Gasteiger partial charge in [0, 0.05) is 37.0 Å². The fourth-order valence-corrected chi connectivity index (χ4v) is 3.49. The van der Waals surface area contributed by atoms with E-state index in [-0.39, 0.29) is 5.91 Å². The van der Waals surface area contributed by atoms with Gasteiger partial charge in [-0.2, -0.15) is 9.90 Å². The lowest BCUT2D eigenvalue weighted by Crippen LogP contribution is -2.39. The van der Waals surface area contributed by atoms with Crippen LogP contribution in [0.25, 0.3) is 11.4 Å². The number of aryl methyl sites for hydroxylation is 2. The zero-order valence-electron chi connectivity index (χ0n) is 15.6. The second kappa shape index (κ2) is 7.30. The van der Waals surface area contributed by atoms with Gasteiger partial charge >= 0.3 is 0 Å². The van der Waals surface area contributed by atoms with Crippen LogP contribution in [-0.2, 0) is 13.6 Å². The van der Waals surface area contributed by atoms with Gasteiger partial charge in [0.1, 0.15) is 0 Å². The molecule has 0 N–H and O–H groups in total. The van der Waals surface area contributed by atoms with E-state index in [1.807, 2.05) is 40.0 Å². The molecule has 2 aromatic heterocycles. The van der Waals surface area contributed by atoms with Crippen molar-refractivity contribution in [1.29, 1.82) is 0 Å². The largest absolute Gasteiger partial charge is 0.339 e. The van der Waals surface area contributed by atoms with Crippen molar-refractivity contribution in [1.82, 2.24) is 34.9 Å². The van der Waals surface area contributed by atoms with Crippen LogP contribution in [0.4, 0.5) is 0 Å². The van der Waals surface area contributed by atoms with Gasteiger partial charge in [0.2, 0.25) is 5.82 Å². The lowest BCUT2D eigenvalue weighted by atomic mass is 9.96. The molecule has 140 valence electrons. The number of piperidine rings is 1. The van der Waals surface area contributed by atoms with Crippen molar-refractivity contribution in [2.24, 2.45) is 13.0 Å². The average molecular weight is 365 g/mol. The number of amides is 1. The smallest absolute Gasteiger partial charge is 0.253 e. The second-order valence-corrected chi connectivity index (χ2v) is 7.16. The lowest BCUT2D eigenvalue weighted by molar-refractivity contribution is 0.0681. The molecule has 1 saturated heterocycles. The quantitative estimate of drug-likeness (QED) is 0.706. The maximum atomic E-state index is 12.8. The van der Waals surface area contributed by atoms with Crippen LogP contribution in [0.3, 0.4) is 0 Å². The van der Waals surface area contributed by atoms with Crippen LogP contribution in [0, 0.1) is 12.8 Å². The zero-order chi connectivity index (χ0) is 18.8. The monoisotopic (exact) mass is 365 g/mol. The Morgan fingerprint density at radius 3 is 2.52 bits per heavy atom. The van der Waals surface area contributed by atoms with Crippen LogP contribution in [0.1, 0.15) is 28.8 Å². The van der Waals surface area contributed by atoms with E-state index in [1.165, 1.54) is 10.4 Å². The van der Waals surface area contributed by atoms with Crippen LogP contribution in [0.2, 0.25) is 0 Å². The molecule has 8 nitrogen and oxygen atoms in total. The highest BCUT2D eigenvalue weighted by molar-refractivity contribution is 5.94. The van der Waals surface area contributed by atoms with E-state index < -0.39 is 0 Å². The van der Waals surface area contributed by atoms with Crippen LogP contribution in [-0.4, -0.2) is 53.9 Å². The Morgan fingerprint density at radius 2 is 1.93 bits per heavy atom. The van der Waals surface area contributed by atoms with Crippen molar-refractivity contribution in [2.75, 3.05) is 13.1 Å². The first kappa shape index (κ1) is 17.4. The lowest BCUT2D eigenvalue weighted by Gasteiger charge is -2.32. The third kappa shape index (κ3) is 3.89. The fraction of sp³-hybridized carbons (Fsp3) is 0.421.